The number of nitrogens with zero attached hydrogens (tertiary/aromatic N) is 5. The summed E-state index contributed by atoms with van der Waals surface area (Å²) >= 11 is 0. The molecule has 1 atom stereocenters. The summed E-state index contributed by atoms with van der Waals surface area (Å²) in [4.78, 5) is 46.0. The summed E-state index contributed by atoms with van der Waals surface area (Å²) in [5.74, 6) is 0.316. The molecule has 0 fully saturated rings. The average molecular weight is 488 g/mol. The molecule has 0 bridgehead atoms. The van der Waals surface area contributed by atoms with Gasteiger partial charge in [-0.15, -0.1) is 0 Å². The highest BCUT2D eigenvalue weighted by molar-refractivity contribution is 5.76. The first-order chi connectivity index (χ1) is 17.4. The monoisotopic (exact) mass is 487 g/mol. The van der Waals surface area contributed by atoms with E-state index >= 15 is 0 Å². The molecule has 3 heterocycles. The highest BCUT2D eigenvalue weighted by Gasteiger charge is 2.29. The lowest BCUT2D eigenvalue weighted by Crippen LogP contribution is -2.42. The number of esters is 1. The van der Waals surface area contributed by atoms with Gasteiger partial charge in [-0.05, 0) is 23.5 Å². The second-order valence-electron chi connectivity index (χ2n) is 9.36. The van der Waals surface area contributed by atoms with Crippen molar-refractivity contribution in [2.75, 3.05) is 18.0 Å². The summed E-state index contributed by atoms with van der Waals surface area (Å²) in [5.41, 5.74) is 1.59. The van der Waals surface area contributed by atoms with E-state index in [0.29, 0.717) is 23.7 Å². The van der Waals surface area contributed by atoms with E-state index in [2.05, 4.69) is 24.0 Å². The second-order valence-corrected chi connectivity index (χ2v) is 9.36. The van der Waals surface area contributed by atoms with E-state index in [0.717, 1.165) is 29.6 Å². The Morgan fingerprint density at radius 1 is 1.00 bits per heavy atom. The number of rotatable bonds is 7. The third-order valence-corrected chi connectivity index (χ3v) is 6.56. The van der Waals surface area contributed by atoms with E-state index in [-0.39, 0.29) is 12.5 Å². The third kappa shape index (κ3) is 4.56. The Morgan fingerprint density at radius 3 is 2.36 bits per heavy atom. The van der Waals surface area contributed by atoms with Crippen molar-refractivity contribution < 1.29 is 9.53 Å². The number of aryl methyl sites for hydroxylation is 1. The Morgan fingerprint density at radius 2 is 1.67 bits per heavy atom. The molecule has 0 amide bonds. The molecule has 5 rings (SSSR count). The third-order valence-electron chi connectivity index (χ3n) is 6.56. The van der Waals surface area contributed by atoms with Crippen molar-refractivity contribution in [3.05, 3.63) is 92.6 Å². The van der Waals surface area contributed by atoms with Gasteiger partial charge in [-0.25, -0.2) is 9.36 Å². The van der Waals surface area contributed by atoms with E-state index in [4.69, 9.17) is 9.72 Å². The Balaban J connectivity index is 1.45. The van der Waals surface area contributed by atoms with Gasteiger partial charge >= 0.3 is 11.7 Å². The minimum atomic E-state index is -0.645. The van der Waals surface area contributed by atoms with Gasteiger partial charge in [0.2, 0.25) is 5.95 Å². The first-order valence-electron chi connectivity index (χ1n) is 12.1. The number of aromatic nitrogens is 4. The van der Waals surface area contributed by atoms with Crippen molar-refractivity contribution in [1.29, 1.82) is 0 Å². The Kier molecular flexibility index (Phi) is 6.45. The molecule has 0 unspecified atom stereocenters. The van der Waals surface area contributed by atoms with Crippen molar-refractivity contribution in [1.82, 2.24) is 18.7 Å². The van der Waals surface area contributed by atoms with Crippen LogP contribution in [-0.4, -0.2) is 37.7 Å². The predicted molar refractivity (Wildman–Crippen MR) is 137 cm³/mol. The predicted octanol–water partition coefficient (Wildman–Crippen LogP) is 2.34. The van der Waals surface area contributed by atoms with Crippen LogP contribution >= 0.6 is 0 Å². The highest BCUT2D eigenvalue weighted by atomic mass is 16.5. The number of imidazole rings is 1. The molecule has 0 aliphatic carbocycles. The quantitative estimate of drug-likeness (QED) is 0.372. The minimum absolute atomic E-state index is 0.0763. The lowest BCUT2D eigenvalue weighted by molar-refractivity contribution is -0.145. The maximum Gasteiger partial charge on any atom is 0.333 e. The highest BCUT2D eigenvalue weighted by Crippen LogP contribution is 2.27. The van der Waals surface area contributed by atoms with Crippen LogP contribution in [0.5, 0.6) is 0 Å². The van der Waals surface area contributed by atoms with Crippen molar-refractivity contribution in [3.8, 4) is 0 Å². The maximum atomic E-state index is 13.5. The smallest absolute Gasteiger partial charge is 0.333 e. The zero-order valence-electron chi connectivity index (χ0n) is 20.5. The number of hydrogen-bond donors (Lipinski definition) is 0. The van der Waals surface area contributed by atoms with Crippen LogP contribution in [0.2, 0.25) is 0 Å². The molecular formula is C27H29N5O4. The van der Waals surface area contributed by atoms with E-state index in [9.17, 15) is 14.4 Å². The lowest BCUT2D eigenvalue weighted by Gasteiger charge is -2.33. The molecule has 1 aliphatic heterocycles. The number of anilines is 1. The van der Waals surface area contributed by atoms with Gasteiger partial charge in [-0.2, -0.15) is 4.98 Å². The molecule has 9 heteroatoms. The molecule has 0 radical (unpaired) electrons. The molecule has 0 N–H and O–H groups in total. The van der Waals surface area contributed by atoms with Crippen LogP contribution in [0, 0.1) is 5.92 Å². The zero-order valence-corrected chi connectivity index (χ0v) is 20.5. The Bertz CT molecular complexity index is 1500. The molecule has 36 heavy (non-hydrogen) atoms. The summed E-state index contributed by atoms with van der Waals surface area (Å²) in [6.45, 7) is 3.91. The van der Waals surface area contributed by atoms with Crippen LogP contribution in [0.15, 0.2) is 70.3 Å². The van der Waals surface area contributed by atoms with Crippen LogP contribution in [0.25, 0.3) is 11.2 Å². The molecule has 0 spiro atoms. The SMILES string of the molecule is C[C@@H]1CN(CCc2ccccc2)c2nc3c(c(=O)n(CC(=O)OCc4ccccc4)c(=O)n3C)n2C1. The number of fused-ring (bicyclic) bond motifs is 3. The van der Waals surface area contributed by atoms with Crippen LogP contribution in [0.4, 0.5) is 5.95 Å². The van der Waals surface area contributed by atoms with Crippen LogP contribution in [0.1, 0.15) is 18.1 Å². The van der Waals surface area contributed by atoms with E-state index < -0.39 is 23.8 Å². The van der Waals surface area contributed by atoms with Crippen LogP contribution in [0.3, 0.4) is 0 Å². The molecule has 186 valence electrons. The summed E-state index contributed by atoms with van der Waals surface area (Å²) in [6, 6.07) is 19.5. The molecule has 9 nitrogen and oxygen atoms in total. The van der Waals surface area contributed by atoms with Crippen LogP contribution in [-0.2, 0) is 42.7 Å². The number of ether oxygens (including phenoxy) is 1. The number of hydrogen-bond acceptors (Lipinski definition) is 6. The van der Waals surface area contributed by atoms with Gasteiger partial charge in [0.15, 0.2) is 11.2 Å². The van der Waals surface area contributed by atoms with Crippen molar-refractivity contribution in [2.24, 2.45) is 13.0 Å². The first-order valence-corrected chi connectivity index (χ1v) is 12.1. The maximum absolute atomic E-state index is 13.5. The van der Waals surface area contributed by atoms with Gasteiger partial charge in [-0.3, -0.25) is 14.2 Å². The lowest BCUT2D eigenvalue weighted by atomic mass is 10.1. The molecule has 1 aliphatic rings. The van der Waals surface area contributed by atoms with Gasteiger partial charge in [0.05, 0.1) is 0 Å². The minimum Gasteiger partial charge on any atom is -0.459 e. The number of carbonyl (C=O) groups is 1. The standard InChI is InChI=1S/C27H29N5O4/c1-19-15-30(14-13-20-9-5-3-6-10-20)26-28-24-23(31(26)16-19)25(34)32(27(35)29(24)2)17-22(33)36-18-21-11-7-4-8-12-21/h3-12,19H,13-18H2,1-2H3/t19-/m1/s1. The van der Waals surface area contributed by atoms with E-state index in [1.54, 1.807) is 7.05 Å². The second kappa shape index (κ2) is 9.85. The van der Waals surface area contributed by atoms with Gasteiger partial charge in [-0.1, -0.05) is 67.6 Å². The van der Waals surface area contributed by atoms with Crippen molar-refractivity contribution in [3.63, 3.8) is 0 Å². The number of benzene rings is 2. The molecule has 4 aromatic rings. The normalized spacial score (nSPS) is 15.2. The summed E-state index contributed by atoms with van der Waals surface area (Å²) in [6.07, 6.45) is 0.840. The summed E-state index contributed by atoms with van der Waals surface area (Å²) in [7, 11) is 1.58. The first kappa shape index (κ1) is 23.6. The molecule has 2 aromatic carbocycles. The summed E-state index contributed by atoms with van der Waals surface area (Å²) < 4.78 is 9.49. The molecule has 0 saturated heterocycles. The van der Waals surface area contributed by atoms with Gasteiger partial charge in [0.1, 0.15) is 13.2 Å². The van der Waals surface area contributed by atoms with Gasteiger partial charge in [0, 0.05) is 26.7 Å². The fourth-order valence-corrected chi connectivity index (χ4v) is 4.75. The van der Waals surface area contributed by atoms with Crippen molar-refractivity contribution in [2.45, 2.75) is 33.0 Å². The zero-order chi connectivity index (χ0) is 25.2. The number of carbonyl (C=O) groups excluding carboxylic acids is 1. The van der Waals surface area contributed by atoms with E-state index in [1.165, 1.54) is 10.1 Å². The Hall–Kier alpha value is -4.14. The van der Waals surface area contributed by atoms with Crippen LogP contribution < -0.4 is 16.1 Å². The molecular weight excluding hydrogens is 458 g/mol. The van der Waals surface area contributed by atoms with Crippen molar-refractivity contribution >= 4 is 23.1 Å². The topological polar surface area (TPSA) is 91.4 Å². The fraction of sp³-hybridized carbons (Fsp3) is 0.333. The largest absolute Gasteiger partial charge is 0.459 e. The molecule has 0 saturated carbocycles. The fourth-order valence-electron chi connectivity index (χ4n) is 4.75. The summed E-state index contributed by atoms with van der Waals surface area (Å²) in [5, 5.41) is 0. The Labute approximate surface area is 208 Å². The molecule has 2 aromatic heterocycles. The van der Waals surface area contributed by atoms with Gasteiger partial charge in [0.25, 0.3) is 5.56 Å². The van der Waals surface area contributed by atoms with Gasteiger partial charge < -0.3 is 14.2 Å². The average Bonchev–Trinajstić information content (AvgIpc) is 3.28. The van der Waals surface area contributed by atoms with E-state index in [1.807, 2.05) is 53.1 Å².